The van der Waals surface area contributed by atoms with Crippen molar-refractivity contribution in [2.24, 2.45) is 5.11 Å². The fourth-order valence-corrected chi connectivity index (χ4v) is 2.43. The van der Waals surface area contributed by atoms with Gasteiger partial charge in [0, 0.05) is 17.2 Å². The minimum Gasteiger partial charge on any atom is -0.594 e. The summed E-state index contributed by atoms with van der Waals surface area (Å²) in [5, 5.41) is 60.0. The highest BCUT2D eigenvalue weighted by atomic mass is 16.6. The number of nitro benzene ring substituents is 4. The van der Waals surface area contributed by atoms with Crippen LogP contribution in [0.1, 0.15) is 11.1 Å². The Morgan fingerprint density at radius 1 is 0.621 bits per heavy atom. The van der Waals surface area contributed by atoms with Crippen molar-refractivity contribution in [2.75, 3.05) is 0 Å². The predicted octanol–water partition coefficient (Wildman–Crippen LogP) is 3.86. The molecule has 0 fully saturated rings. The van der Waals surface area contributed by atoms with Crippen LogP contribution in [0.15, 0.2) is 29.4 Å². The Labute approximate surface area is 159 Å². The van der Waals surface area contributed by atoms with Crippen LogP contribution in [0.2, 0.25) is 0 Å². The van der Waals surface area contributed by atoms with E-state index in [0.29, 0.717) is 0 Å². The molecule has 0 unspecified atom stereocenters. The van der Waals surface area contributed by atoms with Gasteiger partial charge in [0.15, 0.2) is 0 Å². The summed E-state index contributed by atoms with van der Waals surface area (Å²) in [6.07, 6.45) is 0. The fourth-order valence-electron chi connectivity index (χ4n) is 2.43. The summed E-state index contributed by atoms with van der Waals surface area (Å²) in [7, 11) is 0. The predicted molar refractivity (Wildman–Crippen MR) is 94.4 cm³/mol. The van der Waals surface area contributed by atoms with Crippen molar-refractivity contribution in [2.45, 2.75) is 13.8 Å². The standard InChI is InChI=1S/C14H10N6O9/c1-7-11(17(22)23)3-9(4-12(7)18(24)25)15-16(21)10-5-13(19(26)27)8(2)14(6-10)20(28)29/h3-6H,1-2H3. The molecule has 0 heterocycles. The zero-order valence-corrected chi connectivity index (χ0v) is 14.7. The lowest BCUT2D eigenvalue weighted by Gasteiger charge is -2.04. The summed E-state index contributed by atoms with van der Waals surface area (Å²) >= 11 is 0. The number of nitrogens with zero attached hydrogens (tertiary/aromatic N) is 6. The van der Waals surface area contributed by atoms with E-state index in [4.69, 9.17) is 0 Å². The number of nitro groups is 4. The van der Waals surface area contributed by atoms with Gasteiger partial charge >= 0.3 is 0 Å². The maximum Gasteiger partial charge on any atom is 0.285 e. The molecule has 0 aliphatic rings. The van der Waals surface area contributed by atoms with Gasteiger partial charge in [0.25, 0.3) is 28.4 Å². The third-order valence-electron chi connectivity index (χ3n) is 3.89. The average molecular weight is 406 g/mol. The van der Waals surface area contributed by atoms with Gasteiger partial charge < -0.3 is 5.21 Å². The molecule has 0 saturated carbocycles. The fraction of sp³-hybridized carbons (Fsp3) is 0.143. The highest BCUT2D eigenvalue weighted by Crippen LogP contribution is 2.36. The number of rotatable bonds is 6. The average Bonchev–Trinajstić information content (AvgIpc) is 2.61. The smallest absolute Gasteiger partial charge is 0.285 e. The van der Waals surface area contributed by atoms with Gasteiger partial charge in [0.2, 0.25) is 0 Å². The second-order valence-corrected chi connectivity index (χ2v) is 5.62. The first-order valence-corrected chi connectivity index (χ1v) is 7.49. The van der Waals surface area contributed by atoms with E-state index < -0.39 is 53.8 Å². The second kappa shape index (κ2) is 7.59. The van der Waals surface area contributed by atoms with Crippen LogP contribution in [0.5, 0.6) is 0 Å². The third-order valence-corrected chi connectivity index (χ3v) is 3.89. The molecule has 0 aliphatic carbocycles. The molecule has 0 spiro atoms. The number of hydrogen-bond donors (Lipinski definition) is 0. The molecule has 15 heteroatoms. The first kappa shape index (κ1) is 20.7. The maximum atomic E-state index is 12.3. The van der Waals surface area contributed by atoms with Crippen LogP contribution in [-0.4, -0.2) is 24.6 Å². The van der Waals surface area contributed by atoms with Gasteiger partial charge in [-0.25, -0.2) is 0 Å². The molecule has 0 atom stereocenters. The lowest BCUT2D eigenvalue weighted by molar-refractivity contribution is -0.439. The third kappa shape index (κ3) is 4.07. The summed E-state index contributed by atoms with van der Waals surface area (Å²) in [5.41, 5.74) is -4.44. The van der Waals surface area contributed by atoms with Crippen LogP contribution in [0, 0.1) is 59.5 Å². The van der Waals surface area contributed by atoms with Gasteiger partial charge in [0.05, 0.1) is 31.8 Å². The van der Waals surface area contributed by atoms with E-state index in [1.807, 2.05) is 0 Å². The summed E-state index contributed by atoms with van der Waals surface area (Å²) < 4.78 is 0. The second-order valence-electron chi connectivity index (χ2n) is 5.62. The topological polar surface area (TPSA) is 211 Å². The first-order chi connectivity index (χ1) is 13.4. The Bertz CT molecular complexity index is 1040. The molecule has 29 heavy (non-hydrogen) atoms. The zero-order chi connectivity index (χ0) is 22.0. The largest absolute Gasteiger partial charge is 0.594 e. The van der Waals surface area contributed by atoms with Crippen LogP contribution in [0.25, 0.3) is 0 Å². The minimum atomic E-state index is -0.929. The lowest BCUT2D eigenvalue weighted by atomic mass is 10.1. The van der Waals surface area contributed by atoms with E-state index in [1.165, 1.54) is 0 Å². The van der Waals surface area contributed by atoms with Crippen molar-refractivity contribution < 1.29 is 24.6 Å². The van der Waals surface area contributed by atoms with E-state index in [0.717, 1.165) is 38.1 Å². The molecule has 0 amide bonds. The molecule has 150 valence electrons. The van der Waals surface area contributed by atoms with Crippen LogP contribution in [0.4, 0.5) is 34.1 Å². The van der Waals surface area contributed by atoms with Crippen molar-refractivity contribution >= 4 is 34.1 Å². The molecule has 0 radical (unpaired) electrons. The quantitative estimate of drug-likeness (QED) is 0.294. The van der Waals surface area contributed by atoms with Crippen molar-refractivity contribution in [3.8, 4) is 0 Å². The summed E-state index contributed by atoms with van der Waals surface area (Å²) in [5.74, 6) is 0. The zero-order valence-electron chi connectivity index (χ0n) is 14.7. The van der Waals surface area contributed by atoms with Crippen LogP contribution < -0.4 is 0 Å². The minimum absolute atomic E-state index is 0.252. The van der Waals surface area contributed by atoms with Crippen LogP contribution in [0.3, 0.4) is 0 Å². The Morgan fingerprint density at radius 2 is 0.931 bits per heavy atom. The molecule has 2 rings (SSSR count). The Hall–Kier alpha value is -4.56. The molecule has 0 bridgehead atoms. The molecule has 15 nitrogen and oxygen atoms in total. The Morgan fingerprint density at radius 3 is 1.24 bits per heavy atom. The van der Waals surface area contributed by atoms with Crippen molar-refractivity contribution in [3.05, 3.63) is 81.1 Å². The van der Waals surface area contributed by atoms with E-state index in [9.17, 15) is 45.7 Å². The molecule has 2 aromatic carbocycles. The summed E-state index contributed by atoms with van der Waals surface area (Å²) in [4.78, 5) is 40.4. The lowest BCUT2D eigenvalue weighted by Crippen LogP contribution is -2.01. The first-order valence-electron chi connectivity index (χ1n) is 7.49. The van der Waals surface area contributed by atoms with E-state index >= 15 is 0 Å². The van der Waals surface area contributed by atoms with Gasteiger partial charge in [-0.15, -0.1) is 0 Å². The molecule has 0 saturated heterocycles. The van der Waals surface area contributed by atoms with Gasteiger partial charge in [0.1, 0.15) is 16.8 Å². The highest BCUT2D eigenvalue weighted by molar-refractivity contribution is 5.62. The van der Waals surface area contributed by atoms with Crippen molar-refractivity contribution in [1.82, 2.24) is 0 Å². The summed E-state index contributed by atoms with van der Waals surface area (Å²) in [6, 6.07) is 3.06. The normalized spacial score (nSPS) is 11.2. The SMILES string of the molecule is Cc1c([N+](=O)[O-])cc(N=[N+]([O-])c2cc([N+](=O)[O-])c(C)c([N+](=O)[O-])c2)cc1[N+](=O)[O-]. The van der Waals surface area contributed by atoms with E-state index in [1.54, 1.807) is 0 Å². The van der Waals surface area contributed by atoms with E-state index in [-0.39, 0.29) is 16.0 Å². The van der Waals surface area contributed by atoms with Gasteiger partial charge in [-0.3, -0.25) is 40.5 Å². The van der Waals surface area contributed by atoms with Gasteiger partial charge in [-0.2, -0.15) is 0 Å². The molecule has 0 aromatic heterocycles. The number of azo groups is 1. The highest BCUT2D eigenvalue weighted by Gasteiger charge is 2.28. The molecular formula is C14H10N6O9. The Balaban J connectivity index is 2.71. The van der Waals surface area contributed by atoms with Crippen molar-refractivity contribution in [1.29, 1.82) is 0 Å². The van der Waals surface area contributed by atoms with Crippen LogP contribution >= 0.6 is 0 Å². The van der Waals surface area contributed by atoms with Crippen molar-refractivity contribution in [3.63, 3.8) is 0 Å². The Kier molecular flexibility index (Phi) is 5.43. The van der Waals surface area contributed by atoms with Gasteiger partial charge in [-0.1, -0.05) is 0 Å². The summed E-state index contributed by atoms with van der Waals surface area (Å²) in [6.45, 7) is 2.26. The molecular weight excluding hydrogens is 396 g/mol. The monoisotopic (exact) mass is 406 g/mol. The number of hydrogen-bond acceptors (Lipinski definition) is 10. The molecule has 2 aromatic rings. The van der Waals surface area contributed by atoms with E-state index in [2.05, 4.69) is 5.11 Å². The number of benzene rings is 2. The van der Waals surface area contributed by atoms with Crippen LogP contribution in [-0.2, 0) is 0 Å². The maximum absolute atomic E-state index is 12.3. The molecule has 0 aliphatic heterocycles. The van der Waals surface area contributed by atoms with Gasteiger partial charge in [-0.05, 0) is 18.7 Å². The molecule has 0 N–H and O–H groups in total.